The molecular formula is C21H30BNO5. The quantitative estimate of drug-likeness (QED) is 0.547. The number of allylic oxidation sites excluding steroid dienone is 2. The van der Waals surface area contributed by atoms with Gasteiger partial charge in [-0.2, -0.15) is 0 Å². The van der Waals surface area contributed by atoms with Crippen LogP contribution in [0.15, 0.2) is 36.1 Å². The van der Waals surface area contributed by atoms with Gasteiger partial charge in [0.1, 0.15) is 17.8 Å². The van der Waals surface area contributed by atoms with Crippen molar-refractivity contribution in [2.24, 2.45) is 5.41 Å². The third-order valence-electron chi connectivity index (χ3n) is 6.06. The van der Waals surface area contributed by atoms with Crippen LogP contribution in [0.3, 0.4) is 0 Å². The molecule has 0 N–H and O–H groups in total. The van der Waals surface area contributed by atoms with Crippen LogP contribution in [0.25, 0.3) is 0 Å². The average molecular weight is 387 g/mol. The maximum Gasteiger partial charge on any atom is 0.490 e. The van der Waals surface area contributed by atoms with Gasteiger partial charge in [0.2, 0.25) is 0 Å². The molecule has 1 aromatic rings. The number of rotatable bonds is 6. The summed E-state index contributed by atoms with van der Waals surface area (Å²) >= 11 is 0. The highest BCUT2D eigenvalue weighted by Gasteiger charge is 2.53. The number of ether oxygens (including phenoxy) is 2. The van der Waals surface area contributed by atoms with Crippen LogP contribution in [-0.2, 0) is 18.8 Å². The van der Waals surface area contributed by atoms with Gasteiger partial charge in [0.05, 0.1) is 24.0 Å². The molecule has 0 amide bonds. The van der Waals surface area contributed by atoms with E-state index in [-0.39, 0.29) is 30.9 Å². The first-order chi connectivity index (χ1) is 13.2. The molecule has 1 aliphatic carbocycles. The lowest BCUT2D eigenvalue weighted by Gasteiger charge is -2.34. The Morgan fingerprint density at radius 2 is 1.96 bits per heavy atom. The van der Waals surface area contributed by atoms with Gasteiger partial charge in [0.25, 0.3) is 0 Å². The molecule has 6 nitrogen and oxygen atoms in total. The molecule has 0 saturated carbocycles. The molecule has 152 valence electrons. The van der Waals surface area contributed by atoms with Crippen LogP contribution in [0.2, 0.25) is 0 Å². The number of aromatic nitrogens is 1. The first-order valence-corrected chi connectivity index (χ1v) is 9.94. The summed E-state index contributed by atoms with van der Waals surface area (Å²) in [4.78, 5) is 16.8. The van der Waals surface area contributed by atoms with Crippen LogP contribution < -0.4 is 4.74 Å². The topological polar surface area (TPSA) is 66.9 Å². The molecule has 2 aliphatic rings. The maximum absolute atomic E-state index is 12.8. The van der Waals surface area contributed by atoms with Crippen molar-refractivity contribution in [3.8, 4) is 5.75 Å². The molecule has 1 atom stereocenters. The van der Waals surface area contributed by atoms with E-state index in [0.29, 0.717) is 31.6 Å². The molecule has 3 rings (SSSR count). The molecule has 28 heavy (non-hydrogen) atoms. The molecule has 1 aromatic heterocycles. The molecule has 1 aliphatic heterocycles. The van der Waals surface area contributed by atoms with Crippen LogP contribution >= 0.6 is 0 Å². The zero-order chi connectivity index (χ0) is 20.4. The van der Waals surface area contributed by atoms with E-state index in [1.165, 1.54) is 0 Å². The molecule has 7 heteroatoms. The Bertz CT molecular complexity index is 718. The predicted molar refractivity (Wildman–Crippen MR) is 107 cm³/mol. The molecule has 0 bridgehead atoms. The highest BCUT2D eigenvalue weighted by Crippen LogP contribution is 2.43. The van der Waals surface area contributed by atoms with E-state index in [9.17, 15) is 4.79 Å². The predicted octanol–water partition coefficient (Wildman–Crippen LogP) is 3.75. The lowest BCUT2D eigenvalue weighted by atomic mass is 9.66. The van der Waals surface area contributed by atoms with Gasteiger partial charge in [-0.15, -0.1) is 0 Å². The van der Waals surface area contributed by atoms with Gasteiger partial charge < -0.3 is 18.8 Å². The second-order valence-corrected chi connectivity index (χ2v) is 8.55. The summed E-state index contributed by atoms with van der Waals surface area (Å²) < 4.78 is 23.6. The van der Waals surface area contributed by atoms with Crippen molar-refractivity contribution in [1.82, 2.24) is 4.98 Å². The Labute approximate surface area is 167 Å². The lowest BCUT2D eigenvalue weighted by Crippen LogP contribution is -2.41. The summed E-state index contributed by atoms with van der Waals surface area (Å²) in [6, 6.07) is 3.64. The Morgan fingerprint density at radius 1 is 1.25 bits per heavy atom. The summed E-state index contributed by atoms with van der Waals surface area (Å²) in [5.74, 6) is 0.426. The fourth-order valence-corrected chi connectivity index (χ4v) is 3.44. The molecule has 2 heterocycles. The summed E-state index contributed by atoms with van der Waals surface area (Å²) in [5.41, 5.74) is -0.381. The van der Waals surface area contributed by atoms with Crippen LogP contribution in [-0.4, -0.2) is 42.5 Å². The van der Waals surface area contributed by atoms with E-state index in [0.717, 1.165) is 5.47 Å². The van der Waals surface area contributed by atoms with E-state index in [1.807, 2.05) is 46.8 Å². The van der Waals surface area contributed by atoms with Crippen LogP contribution in [0.4, 0.5) is 0 Å². The lowest BCUT2D eigenvalue weighted by molar-refractivity contribution is -0.158. The average Bonchev–Trinajstić information content (AvgIpc) is 2.89. The highest BCUT2D eigenvalue weighted by molar-refractivity contribution is 6.54. The van der Waals surface area contributed by atoms with Gasteiger partial charge in [-0.1, -0.05) is 6.08 Å². The van der Waals surface area contributed by atoms with Gasteiger partial charge >= 0.3 is 13.1 Å². The second kappa shape index (κ2) is 7.87. The van der Waals surface area contributed by atoms with E-state index in [1.54, 1.807) is 12.4 Å². The van der Waals surface area contributed by atoms with Crippen LogP contribution in [0, 0.1) is 5.41 Å². The third kappa shape index (κ3) is 4.10. The zero-order valence-electron chi connectivity index (χ0n) is 17.5. The van der Waals surface area contributed by atoms with Crippen LogP contribution in [0.5, 0.6) is 5.75 Å². The van der Waals surface area contributed by atoms with E-state index in [4.69, 9.17) is 18.8 Å². The van der Waals surface area contributed by atoms with Gasteiger partial charge in [-0.05, 0) is 71.5 Å². The minimum absolute atomic E-state index is 0.219. The van der Waals surface area contributed by atoms with E-state index < -0.39 is 5.41 Å². The number of hydrogen-bond acceptors (Lipinski definition) is 6. The summed E-state index contributed by atoms with van der Waals surface area (Å²) in [5, 5.41) is 0. The number of nitrogens with zero attached hydrogens (tertiary/aromatic N) is 1. The molecular weight excluding hydrogens is 357 g/mol. The van der Waals surface area contributed by atoms with Gasteiger partial charge in [-0.25, -0.2) is 0 Å². The van der Waals surface area contributed by atoms with Crippen molar-refractivity contribution in [2.75, 3.05) is 13.2 Å². The smallest absolute Gasteiger partial charge is 0.490 e. The maximum atomic E-state index is 12.8. The van der Waals surface area contributed by atoms with Gasteiger partial charge in [0.15, 0.2) is 0 Å². The molecule has 1 fully saturated rings. The third-order valence-corrected chi connectivity index (χ3v) is 6.06. The Balaban J connectivity index is 1.74. The van der Waals surface area contributed by atoms with Crippen molar-refractivity contribution in [3.05, 3.63) is 36.1 Å². The second-order valence-electron chi connectivity index (χ2n) is 8.55. The van der Waals surface area contributed by atoms with Crippen molar-refractivity contribution in [1.29, 1.82) is 0 Å². The molecule has 0 spiro atoms. The summed E-state index contributed by atoms with van der Waals surface area (Å²) in [6.45, 7) is 10.6. The van der Waals surface area contributed by atoms with Crippen LogP contribution in [0.1, 0.15) is 53.9 Å². The largest absolute Gasteiger partial charge is 0.491 e. The van der Waals surface area contributed by atoms with E-state index >= 15 is 0 Å². The normalized spacial score (nSPS) is 25.9. The Hall–Kier alpha value is -1.86. The van der Waals surface area contributed by atoms with Gasteiger partial charge in [-0.3, -0.25) is 9.78 Å². The molecule has 0 aromatic carbocycles. The number of hydrogen-bond donors (Lipinski definition) is 0. The van der Waals surface area contributed by atoms with Crippen molar-refractivity contribution in [2.45, 2.75) is 65.1 Å². The fraction of sp³-hybridized carbons (Fsp3) is 0.619. The van der Waals surface area contributed by atoms with Crippen molar-refractivity contribution >= 4 is 13.1 Å². The minimum atomic E-state index is -0.709. The summed E-state index contributed by atoms with van der Waals surface area (Å²) in [6.07, 6.45) is 7.26. The number of carbonyl (C=O) groups excluding carboxylic acids is 1. The molecule has 1 unspecified atom stereocenters. The van der Waals surface area contributed by atoms with Crippen molar-refractivity contribution in [3.63, 3.8) is 0 Å². The summed E-state index contributed by atoms with van der Waals surface area (Å²) in [7, 11) is -0.371. The zero-order valence-corrected chi connectivity index (χ0v) is 17.5. The number of esters is 1. The van der Waals surface area contributed by atoms with E-state index in [2.05, 4.69) is 11.1 Å². The molecule has 0 radical (unpaired) electrons. The van der Waals surface area contributed by atoms with Crippen molar-refractivity contribution < 1.29 is 23.6 Å². The standard InChI is InChI=1S/C21H30BNO5/c1-6-25-18(24)21(15-26-17-8-7-13-23-14-17)11-9-16(10-12-21)22-27-19(2,3)20(4,5)28-22/h7-9,13-14H,6,10-12,15H2,1-5H3. The highest BCUT2D eigenvalue weighted by atomic mass is 16.7. The number of pyridine rings is 1. The SMILES string of the molecule is CCOC(=O)C1(COc2cccnc2)CC=C(B2OC(C)(C)C(C)(C)O2)CC1. The monoisotopic (exact) mass is 387 g/mol. The minimum Gasteiger partial charge on any atom is -0.491 e. The molecule has 1 saturated heterocycles. The Morgan fingerprint density at radius 3 is 2.50 bits per heavy atom. The Kier molecular flexibility index (Phi) is 5.87. The fourth-order valence-electron chi connectivity index (χ4n) is 3.44. The first kappa shape index (κ1) is 20.9. The number of carbonyl (C=O) groups is 1. The first-order valence-electron chi connectivity index (χ1n) is 9.94. The van der Waals surface area contributed by atoms with Gasteiger partial charge in [0, 0.05) is 6.20 Å².